The lowest BCUT2D eigenvalue weighted by atomic mass is 9.83. The third-order valence-corrected chi connectivity index (χ3v) is 3.33. The molecule has 0 fully saturated rings. The van der Waals surface area contributed by atoms with Crippen LogP contribution in [0.5, 0.6) is 0 Å². The summed E-state index contributed by atoms with van der Waals surface area (Å²) in [5.74, 6) is 2.19. The summed E-state index contributed by atoms with van der Waals surface area (Å²) in [6, 6.07) is 12.1. The lowest BCUT2D eigenvalue weighted by Crippen LogP contribution is -2.22. The average Bonchev–Trinajstić information content (AvgIpc) is 2.50. The van der Waals surface area contributed by atoms with Crippen molar-refractivity contribution in [2.75, 3.05) is 11.9 Å². The average molecular weight is 261 g/mol. The second-order valence-corrected chi connectivity index (χ2v) is 4.49. The first-order chi connectivity index (χ1) is 9.74. The predicted octanol–water partition coefficient (Wildman–Crippen LogP) is 2.51. The van der Waals surface area contributed by atoms with Gasteiger partial charge >= 0.3 is 0 Å². The number of nitrogens with one attached hydrogen (secondary N) is 1. The van der Waals surface area contributed by atoms with E-state index in [1.807, 2.05) is 0 Å². The molecule has 0 amide bonds. The summed E-state index contributed by atoms with van der Waals surface area (Å²) in [4.78, 5) is 25.1. The Labute approximate surface area is 116 Å². The van der Waals surface area contributed by atoms with E-state index in [2.05, 4.69) is 11.2 Å². The summed E-state index contributed by atoms with van der Waals surface area (Å²) in [5, 5.41) is 3.00. The van der Waals surface area contributed by atoms with Crippen molar-refractivity contribution >= 4 is 17.3 Å². The number of hydrogen-bond donors (Lipinski definition) is 1. The normalized spacial score (nSPS) is 12.3. The molecule has 96 valence electrons. The monoisotopic (exact) mass is 261 g/mol. The molecule has 1 aliphatic carbocycles. The van der Waals surface area contributed by atoms with Crippen molar-refractivity contribution in [2.45, 2.75) is 0 Å². The minimum absolute atomic E-state index is 0.125. The summed E-state index contributed by atoms with van der Waals surface area (Å²) in [7, 11) is 0. The van der Waals surface area contributed by atoms with Gasteiger partial charge in [-0.2, -0.15) is 0 Å². The second kappa shape index (κ2) is 4.67. The first kappa shape index (κ1) is 12.2. The van der Waals surface area contributed by atoms with Crippen molar-refractivity contribution in [3.63, 3.8) is 0 Å². The zero-order valence-corrected chi connectivity index (χ0v) is 10.6. The number of carbonyl (C=O) groups is 2. The molecule has 3 nitrogen and oxygen atoms in total. The van der Waals surface area contributed by atoms with Crippen molar-refractivity contribution in [1.82, 2.24) is 0 Å². The van der Waals surface area contributed by atoms with Crippen LogP contribution in [0.15, 0.2) is 42.5 Å². The van der Waals surface area contributed by atoms with Crippen LogP contribution >= 0.6 is 0 Å². The fourth-order valence-electron chi connectivity index (χ4n) is 2.44. The molecule has 1 aliphatic rings. The van der Waals surface area contributed by atoms with Crippen LogP contribution in [0.1, 0.15) is 31.8 Å². The van der Waals surface area contributed by atoms with E-state index in [-0.39, 0.29) is 11.6 Å². The number of benzene rings is 2. The molecule has 2 aromatic rings. The number of rotatable bonds is 2. The van der Waals surface area contributed by atoms with E-state index < -0.39 is 0 Å². The Morgan fingerprint density at radius 2 is 1.55 bits per heavy atom. The van der Waals surface area contributed by atoms with Gasteiger partial charge in [-0.1, -0.05) is 42.3 Å². The molecule has 0 saturated carbocycles. The van der Waals surface area contributed by atoms with E-state index >= 15 is 0 Å². The van der Waals surface area contributed by atoms with E-state index in [0.29, 0.717) is 34.5 Å². The number of hydrogen-bond acceptors (Lipinski definition) is 3. The van der Waals surface area contributed by atoms with Crippen LogP contribution in [0.4, 0.5) is 5.69 Å². The topological polar surface area (TPSA) is 46.2 Å². The van der Waals surface area contributed by atoms with Gasteiger partial charge in [0.05, 0.1) is 12.1 Å². The Morgan fingerprint density at radius 3 is 2.25 bits per heavy atom. The maximum Gasteiger partial charge on any atom is 0.196 e. The van der Waals surface area contributed by atoms with Gasteiger partial charge in [0, 0.05) is 22.4 Å². The Hall–Kier alpha value is -2.86. The standard InChI is InChI=1S/C17H11NO2/c1-2-10-18-14-9-5-8-13-15(14)17(20)12-7-4-3-6-11(12)16(13)19/h1,3-9,18H,10H2. The molecule has 0 bridgehead atoms. The Bertz CT molecular complexity index is 769. The molecule has 0 aromatic heterocycles. The Morgan fingerprint density at radius 1 is 0.900 bits per heavy atom. The third kappa shape index (κ3) is 1.70. The van der Waals surface area contributed by atoms with Crippen LogP contribution in [0, 0.1) is 12.3 Å². The van der Waals surface area contributed by atoms with Gasteiger partial charge in [0.15, 0.2) is 11.6 Å². The molecular weight excluding hydrogens is 250 g/mol. The summed E-state index contributed by atoms with van der Waals surface area (Å²) < 4.78 is 0. The summed E-state index contributed by atoms with van der Waals surface area (Å²) in [6.07, 6.45) is 5.23. The fourth-order valence-corrected chi connectivity index (χ4v) is 2.44. The van der Waals surface area contributed by atoms with Gasteiger partial charge in [-0.25, -0.2) is 0 Å². The van der Waals surface area contributed by atoms with Crippen molar-refractivity contribution in [3.8, 4) is 12.3 Å². The lowest BCUT2D eigenvalue weighted by Gasteiger charge is -2.20. The van der Waals surface area contributed by atoms with Crippen molar-refractivity contribution < 1.29 is 9.59 Å². The highest BCUT2D eigenvalue weighted by Gasteiger charge is 2.30. The zero-order valence-electron chi connectivity index (χ0n) is 10.6. The summed E-state index contributed by atoms with van der Waals surface area (Å²) in [6.45, 7) is 0.305. The van der Waals surface area contributed by atoms with Gasteiger partial charge in [0.1, 0.15) is 0 Å². The van der Waals surface area contributed by atoms with E-state index in [0.717, 1.165) is 0 Å². The van der Waals surface area contributed by atoms with Gasteiger partial charge in [-0.15, -0.1) is 6.42 Å². The van der Waals surface area contributed by atoms with Crippen LogP contribution < -0.4 is 5.32 Å². The van der Waals surface area contributed by atoms with Gasteiger partial charge in [-0.3, -0.25) is 9.59 Å². The van der Waals surface area contributed by atoms with Gasteiger partial charge in [0.25, 0.3) is 0 Å². The molecule has 0 atom stereocenters. The largest absolute Gasteiger partial charge is 0.374 e. The van der Waals surface area contributed by atoms with Crippen LogP contribution in [0.3, 0.4) is 0 Å². The number of anilines is 1. The maximum atomic E-state index is 12.6. The first-order valence-electron chi connectivity index (χ1n) is 6.23. The van der Waals surface area contributed by atoms with E-state index in [1.54, 1.807) is 42.5 Å². The first-order valence-corrected chi connectivity index (χ1v) is 6.23. The smallest absolute Gasteiger partial charge is 0.196 e. The molecule has 0 radical (unpaired) electrons. The minimum atomic E-state index is -0.143. The molecule has 1 N–H and O–H groups in total. The van der Waals surface area contributed by atoms with Gasteiger partial charge in [0.2, 0.25) is 0 Å². The molecule has 3 heteroatoms. The molecule has 20 heavy (non-hydrogen) atoms. The number of ketones is 2. The Kier molecular flexibility index (Phi) is 2.85. The van der Waals surface area contributed by atoms with E-state index in [4.69, 9.17) is 6.42 Å². The van der Waals surface area contributed by atoms with Gasteiger partial charge in [-0.05, 0) is 6.07 Å². The van der Waals surface area contributed by atoms with Crippen molar-refractivity contribution in [1.29, 1.82) is 0 Å². The highest BCUT2D eigenvalue weighted by Crippen LogP contribution is 2.31. The van der Waals surface area contributed by atoms with Crippen LogP contribution in [-0.2, 0) is 0 Å². The van der Waals surface area contributed by atoms with Gasteiger partial charge < -0.3 is 5.32 Å². The maximum absolute atomic E-state index is 12.6. The number of fused-ring (bicyclic) bond motifs is 2. The number of carbonyl (C=O) groups excluding carboxylic acids is 2. The molecule has 0 aliphatic heterocycles. The Balaban J connectivity index is 2.21. The second-order valence-electron chi connectivity index (χ2n) is 4.49. The molecule has 0 heterocycles. The molecule has 0 spiro atoms. The molecule has 3 rings (SSSR count). The fraction of sp³-hybridized carbons (Fsp3) is 0.0588. The quantitative estimate of drug-likeness (QED) is 0.721. The molecular formula is C17H11NO2. The van der Waals surface area contributed by atoms with E-state index in [1.165, 1.54) is 0 Å². The summed E-state index contributed by atoms with van der Waals surface area (Å²) >= 11 is 0. The SMILES string of the molecule is C#CCNc1cccc2c1C(=O)c1ccccc1C2=O. The van der Waals surface area contributed by atoms with Crippen LogP contribution in [-0.4, -0.2) is 18.1 Å². The number of terminal acetylenes is 1. The van der Waals surface area contributed by atoms with Crippen LogP contribution in [0.25, 0.3) is 0 Å². The van der Waals surface area contributed by atoms with Crippen LogP contribution in [0.2, 0.25) is 0 Å². The van der Waals surface area contributed by atoms with Crippen molar-refractivity contribution in [3.05, 3.63) is 64.7 Å². The lowest BCUT2D eigenvalue weighted by molar-refractivity contribution is 0.0979. The predicted molar refractivity (Wildman–Crippen MR) is 77.1 cm³/mol. The zero-order chi connectivity index (χ0) is 14.1. The third-order valence-electron chi connectivity index (χ3n) is 3.33. The minimum Gasteiger partial charge on any atom is -0.374 e. The highest BCUT2D eigenvalue weighted by atomic mass is 16.1. The summed E-state index contributed by atoms with van der Waals surface area (Å²) in [5.41, 5.74) is 2.34. The van der Waals surface area contributed by atoms with Crippen molar-refractivity contribution in [2.24, 2.45) is 0 Å². The molecule has 0 unspecified atom stereocenters. The highest BCUT2D eigenvalue weighted by molar-refractivity contribution is 6.30. The van der Waals surface area contributed by atoms with E-state index in [9.17, 15) is 9.59 Å². The molecule has 0 saturated heterocycles. The molecule has 2 aromatic carbocycles.